The summed E-state index contributed by atoms with van der Waals surface area (Å²) in [5.74, 6) is 0. The van der Waals surface area contributed by atoms with E-state index in [0.717, 1.165) is 33.2 Å². The van der Waals surface area contributed by atoms with Crippen LogP contribution in [0.2, 0.25) is 0 Å². The molecule has 9 aromatic carbocycles. The first-order chi connectivity index (χ1) is 27.3. The summed E-state index contributed by atoms with van der Waals surface area (Å²) < 4.78 is 11.1. The Bertz CT molecular complexity index is 3470. The maximum atomic E-state index is 6.28. The maximum Gasteiger partial charge on any atom is 0.135 e. The monoisotopic (exact) mass is 700 g/mol. The molecule has 0 amide bonds. The third-order valence-corrected chi connectivity index (χ3v) is 11.5. The summed E-state index contributed by atoms with van der Waals surface area (Å²) in [6.07, 6.45) is 0. The number of rotatable bonds is 4. The predicted molar refractivity (Wildman–Crippen MR) is 231 cm³/mol. The van der Waals surface area contributed by atoms with Crippen molar-refractivity contribution >= 4 is 76.3 Å². The van der Waals surface area contributed by atoms with E-state index in [1.807, 2.05) is 0 Å². The standard InChI is InChI=1S/C52H32N2O/c1-2-10-33(11-3-1)37-21-28-49-43(31-37)44-32-38(22-29-50(44)55-49)35-18-23-39(24-19-35)53-45-16-8-6-14-41(45)51-47(53)26-27-48-52(51)42-15-7-9-17-46(42)54(48)40-25-20-34-12-4-5-13-36(34)30-40/h1-32H. The summed E-state index contributed by atoms with van der Waals surface area (Å²) in [5.41, 5.74) is 13.6. The average Bonchev–Trinajstić information content (AvgIpc) is 3.91. The van der Waals surface area contributed by atoms with Crippen molar-refractivity contribution in [3.8, 4) is 33.6 Å². The molecule has 0 N–H and O–H groups in total. The molecule has 0 saturated heterocycles. The van der Waals surface area contributed by atoms with Crippen LogP contribution in [0.5, 0.6) is 0 Å². The summed E-state index contributed by atoms with van der Waals surface area (Å²) in [6.45, 7) is 0. The first-order valence-electron chi connectivity index (χ1n) is 18.8. The van der Waals surface area contributed by atoms with Crippen molar-refractivity contribution < 1.29 is 4.42 Å². The lowest BCUT2D eigenvalue weighted by Crippen LogP contribution is -1.95. The highest BCUT2D eigenvalue weighted by Crippen LogP contribution is 2.43. The second-order valence-electron chi connectivity index (χ2n) is 14.5. The molecule has 3 nitrogen and oxygen atoms in total. The van der Waals surface area contributed by atoms with Crippen LogP contribution in [-0.4, -0.2) is 9.13 Å². The van der Waals surface area contributed by atoms with Gasteiger partial charge in [0.25, 0.3) is 0 Å². The second-order valence-corrected chi connectivity index (χ2v) is 14.5. The number of para-hydroxylation sites is 2. The van der Waals surface area contributed by atoms with E-state index in [-0.39, 0.29) is 0 Å². The van der Waals surface area contributed by atoms with Gasteiger partial charge in [0.2, 0.25) is 0 Å². The van der Waals surface area contributed by atoms with E-state index in [1.54, 1.807) is 0 Å². The Balaban J connectivity index is 1.01. The highest BCUT2D eigenvalue weighted by molar-refractivity contribution is 6.29. The Labute approximate surface area is 316 Å². The van der Waals surface area contributed by atoms with Crippen LogP contribution >= 0.6 is 0 Å². The molecule has 0 unspecified atom stereocenters. The molecule has 55 heavy (non-hydrogen) atoms. The number of benzene rings is 9. The first-order valence-corrected chi connectivity index (χ1v) is 18.8. The van der Waals surface area contributed by atoms with Crippen LogP contribution in [0.3, 0.4) is 0 Å². The maximum absolute atomic E-state index is 6.28. The molecule has 0 bridgehead atoms. The Morgan fingerprint density at radius 2 is 0.782 bits per heavy atom. The molecule has 0 fully saturated rings. The lowest BCUT2D eigenvalue weighted by molar-refractivity contribution is 0.669. The topological polar surface area (TPSA) is 23.0 Å². The van der Waals surface area contributed by atoms with E-state index in [4.69, 9.17) is 4.42 Å². The molecule has 3 heteroatoms. The van der Waals surface area contributed by atoms with Crippen molar-refractivity contribution in [3.05, 3.63) is 194 Å². The van der Waals surface area contributed by atoms with Gasteiger partial charge in [0.1, 0.15) is 11.2 Å². The molecule has 0 radical (unpaired) electrons. The van der Waals surface area contributed by atoms with E-state index in [2.05, 4.69) is 203 Å². The van der Waals surface area contributed by atoms with E-state index in [0.29, 0.717) is 0 Å². The third kappa shape index (κ3) is 4.50. The van der Waals surface area contributed by atoms with Crippen LogP contribution in [0.15, 0.2) is 199 Å². The van der Waals surface area contributed by atoms with Crippen molar-refractivity contribution in [1.29, 1.82) is 0 Å². The van der Waals surface area contributed by atoms with E-state index >= 15 is 0 Å². The SMILES string of the molecule is c1ccc(-c2ccc3oc4ccc(-c5ccc(-n6c7ccccc7c7c8c9ccccc9n(-c9ccc%10ccccc%10c9)c8ccc76)cc5)cc4c3c2)cc1. The fourth-order valence-electron chi connectivity index (χ4n) is 8.96. The Kier molecular flexibility index (Phi) is 6.34. The van der Waals surface area contributed by atoms with Gasteiger partial charge >= 0.3 is 0 Å². The van der Waals surface area contributed by atoms with Gasteiger partial charge in [-0.1, -0.05) is 121 Å². The van der Waals surface area contributed by atoms with Gasteiger partial charge in [-0.3, -0.25) is 0 Å². The van der Waals surface area contributed by atoms with Crippen LogP contribution in [-0.2, 0) is 0 Å². The molecule has 12 rings (SSSR count). The molecule has 256 valence electrons. The van der Waals surface area contributed by atoms with E-state index < -0.39 is 0 Å². The zero-order valence-electron chi connectivity index (χ0n) is 29.8. The molecule has 3 aromatic heterocycles. The van der Waals surface area contributed by atoms with Crippen LogP contribution in [0.25, 0.3) is 110 Å². The van der Waals surface area contributed by atoms with Crippen molar-refractivity contribution in [2.75, 3.05) is 0 Å². The summed E-state index contributed by atoms with van der Waals surface area (Å²) in [6, 6.07) is 70.2. The van der Waals surface area contributed by atoms with Crippen molar-refractivity contribution in [2.24, 2.45) is 0 Å². The minimum absolute atomic E-state index is 0.902. The normalized spacial score (nSPS) is 12.0. The molecule has 0 aliphatic rings. The zero-order chi connectivity index (χ0) is 36.0. The largest absolute Gasteiger partial charge is 0.456 e. The Morgan fingerprint density at radius 3 is 1.42 bits per heavy atom. The first kappa shape index (κ1) is 30.1. The summed E-state index contributed by atoms with van der Waals surface area (Å²) in [4.78, 5) is 0. The van der Waals surface area contributed by atoms with Gasteiger partial charge in [0, 0.05) is 43.7 Å². The fraction of sp³-hybridized carbons (Fsp3) is 0. The lowest BCUT2D eigenvalue weighted by Gasteiger charge is -2.11. The number of hydrogen-bond donors (Lipinski definition) is 0. The molecule has 3 heterocycles. The van der Waals surface area contributed by atoms with Crippen molar-refractivity contribution in [1.82, 2.24) is 9.13 Å². The summed E-state index contributed by atoms with van der Waals surface area (Å²) >= 11 is 0. The summed E-state index contributed by atoms with van der Waals surface area (Å²) in [7, 11) is 0. The molecular formula is C52H32N2O. The van der Waals surface area contributed by atoms with Gasteiger partial charge in [-0.05, 0) is 106 Å². The molecule has 0 spiro atoms. The van der Waals surface area contributed by atoms with Gasteiger partial charge in [-0.25, -0.2) is 0 Å². The van der Waals surface area contributed by atoms with Gasteiger partial charge in [-0.15, -0.1) is 0 Å². The number of fused-ring (bicyclic) bond motifs is 11. The molecule has 0 saturated carbocycles. The minimum Gasteiger partial charge on any atom is -0.456 e. The van der Waals surface area contributed by atoms with E-state index in [9.17, 15) is 0 Å². The molecule has 0 atom stereocenters. The molecule has 0 aliphatic carbocycles. The van der Waals surface area contributed by atoms with E-state index in [1.165, 1.54) is 76.8 Å². The fourth-order valence-corrected chi connectivity index (χ4v) is 8.96. The van der Waals surface area contributed by atoms with Crippen LogP contribution in [0.4, 0.5) is 0 Å². The third-order valence-electron chi connectivity index (χ3n) is 11.5. The van der Waals surface area contributed by atoms with Gasteiger partial charge in [0.15, 0.2) is 0 Å². The molecule has 0 aliphatic heterocycles. The van der Waals surface area contributed by atoms with Crippen molar-refractivity contribution in [3.63, 3.8) is 0 Å². The zero-order valence-corrected chi connectivity index (χ0v) is 29.8. The van der Waals surface area contributed by atoms with Crippen LogP contribution in [0.1, 0.15) is 0 Å². The number of aromatic nitrogens is 2. The molecule has 12 aromatic rings. The van der Waals surface area contributed by atoms with Crippen LogP contribution in [0, 0.1) is 0 Å². The van der Waals surface area contributed by atoms with Crippen LogP contribution < -0.4 is 0 Å². The number of nitrogens with zero attached hydrogens (tertiary/aromatic N) is 2. The highest BCUT2D eigenvalue weighted by atomic mass is 16.3. The summed E-state index contributed by atoms with van der Waals surface area (Å²) in [5, 5.41) is 9.81. The highest BCUT2D eigenvalue weighted by Gasteiger charge is 2.20. The smallest absolute Gasteiger partial charge is 0.135 e. The van der Waals surface area contributed by atoms with Gasteiger partial charge in [0.05, 0.1) is 22.1 Å². The minimum atomic E-state index is 0.902. The Hall–Kier alpha value is -7.36. The molecular weight excluding hydrogens is 669 g/mol. The lowest BCUT2D eigenvalue weighted by atomic mass is 10.00. The quantitative estimate of drug-likeness (QED) is 0.179. The van der Waals surface area contributed by atoms with Gasteiger partial charge < -0.3 is 13.6 Å². The Morgan fingerprint density at radius 1 is 0.291 bits per heavy atom. The number of hydrogen-bond acceptors (Lipinski definition) is 1. The predicted octanol–water partition coefficient (Wildman–Crippen LogP) is 14.3. The van der Waals surface area contributed by atoms with Gasteiger partial charge in [-0.2, -0.15) is 0 Å². The number of furan rings is 1. The second kappa shape index (κ2) is 11.6. The van der Waals surface area contributed by atoms with Crippen molar-refractivity contribution in [2.45, 2.75) is 0 Å². The average molecular weight is 701 g/mol.